The lowest BCUT2D eigenvalue weighted by Gasteiger charge is -2.32. The van der Waals surface area contributed by atoms with Crippen LogP contribution in [0.3, 0.4) is 0 Å². The molecule has 31 heavy (non-hydrogen) atoms. The highest BCUT2D eigenvalue weighted by molar-refractivity contribution is 7.92. The van der Waals surface area contributed by atoms with Gasteiger partial charge in [0.05, 0.1) is 19.8 Å². The second kappa shape index (κ2) is 8.91. The van der Waals surface area contributed by atoms with Gasteiger partial charge < -0.3 is 15.4 Å². The molecule has 3 rings (SSSR count). The van der Waals surface area contributed by atoms with Crippen molar-refractivity contribution in [2.75, 3.05) is 26.0 Å². The Labute approximate surface area is 186 Å². The number of hydrogen-bond acceptors (Lipinski definition) is 7. The quantitative estimate of drug-likeness (QED) is 0.298. The van der Waals surface area contributed by atoms with Crippen molar-refractivity contribution < 1.29 is 28.0 Å². The fourth-order valence-corrected chi connectivity index (χ4v) is 3.90. The Balaban J connectivity index is 0.00000341. The van der Waals surface area contributed by atoms with Gasteiger partial charge in [0.1, 0.15) is 5.54 Å². The number of halogens is 1. The van der Waals surface area contributed by atoms with Crippen molar-refractivity contribution in [2.24, 2.45) is 5.73 Å². The van der Waals surface area contributed by atoms with Gasteiger partial charge in [0.25, 0.3) is 5.91 Å². The first kappa shape index (κ1) is 24.7. The lowest BCUT2D eigenvalue weighted by Crippen LogP contribution is -2.56. The predicted octanol–water partition coefficient (Wildman–Crippen LogP) is -0.525. The highest BCUT2D eigenvalue weighted by Gasteiger charge is 2.44. The van der Waals surface area contributed by atoms with E-state index >= 15 is 0 Å². The van der Waals surface area contributed by atoms with E-state index in [9.17, 15) is 18.0 Å². The molecule has 2 aliphatic rings. The van der Waals surface area contributed by atoms with Crippen LogP contribution >= 0.6 is 12.4 Å². The maximum Gasteiger partial charge on any atom is 0.328 e. The standard InChI is InChI=1S/C19H22N4O6S.ClH/c1-18(16(24)21-26,30(2,27)28)7-8-22-11-15-9-14(10-23(15)17(22)25)5-3-4-6-19(20)12-29-13-19;/h9-10,26H,7-8,11-13,20H2,1-2H3,(H,21,24);1H. The van der Waals surface area contributed by atoms with E-state index in [1.807, 2.05) is 0 Å². The molecule has 10 nitrogen and oxygen atoms in total. The molecular formula is C19H23ClN4O6S. The molecule has 12 heteroatoms. The van der Waals surface area contributed by atoms with Crippen molar-refractivity contribution in [1.29, 1.82) is 0 Å². The molecule has 1 atom stereocenters. The van der Waals surface area contributed by atoms with Crippen LogP contribution in [0, 0.1) is 23.7 Å². The molecule has 0 spiro atoms. The highest BCUT2D eigenvalue weighted by atomic mass is 35.5. The summed E-state index contributed by atoms with van der Waals surface area (Å²) < 4.78 is 28.6. The Hall–Kier alpha value is -2.54. The Morgan fingerprint density at radius 2 is 2.10 bits per heavy atom. The average molecular weight is 471 g/mol. The van der Waals surface area contributed by atoms with Gasteiger partial charge in [0, 0.05) is 30.3 Å². The predicted molar refractivity (Wildman–Crippen MR) is 113 cm³/mol. The van der Waals surface area contributed by atoms with Gasteiger partial charge in [-0.2, -0.15) is 0 Å². The van der Waals surface area contributed by atoms with Crippen LogP contribution in [0.5, 0.6) is 0 Å². The minimum absolute atomic E-state index is 0. The first-order valence-electron chi connectivity index (χ1n) is 9.04. The summed E-state index contributed by atoms with van der Waals surface area (Å²) >= 11 is 0. The first-order valence-corrected chi connectivity index (χ1v) is 10.9. The number of amides is 2. The van der Waals surface area contributed by atoms with Crippen LogP contribution in [-0.2, 0) is 25.9 Å². The van der Waals surface area contributed by atoms with Crippen LogP contribution in [0.25, 0.3) is 0 Å². The molecule has 0 saturated carbocycles. The van der Waals surface area contributed by atoms with Crippen molar-refractivity contribution in [1.82, 2.24) is 14.9 Å². The number of fused-ring (bicyclic) bond motifs is 1. The molecule has 0 aliphatic carbocycles. The number of sulfone groups is 1. The van der Waals surface area contributed by atoms with Crippen LogP contribution in [0.4, 0.5) is 4.79 Å². The molecule has 3 heterocycles. The van der Waals surface area contributed by atoms with E-state index in [4.69, 9.17) is 15.7 Å². The zero-order chi connectivity index (χ0) is 22.2. The van der Waals surface area contributed by atoms with Crippen molar-refractivity contribution in [3.8, 4) is 23.7 Å². The fourth-order valence-electron chi connectivity index (χ4n) is 3.05. The summed E-state index contributed by atoms with van der Waals surface area (Å²) in [5.41, 5.74) is 7.95. The molecule has 1 unspecified atom stereocenters. The lowest BCUT2D eigenvalue weighted by atomic mass is 10.0. The van der Waals surface area contributed by atoms with Crippen LogP contribution in [-0.4, -0.2) is 71.3 Å². The normalized spacial score (nSPS) is 18.2. The summed E-state index contributed by atoms with van der Waals surface area (Å²) in [6.45, 7) is 2.24. The first-order chi connectivity index (χ1) is 14.0. The van der Waals surface area contributed by atoms with Gasteiger partial charge in [0.15, 0.2) is 14.6 Å². The Bertz CT molecular complexity index is 1120. The molecule has 1 saturated heterocycles. The summed E-state index contributed by atoms with van der Waals surface area (Å²) in [5, 5.41) is 8.88. The largest absolute Gasteiger partial charge is 0.375 e. The molecule has 2 amide bonds. The smallest absolute Gasteiger partial charge is 0.328 e. The summed E-state index contributed by atoms with van der Waals surface area (Å²) in [4.78, 5) is 25.9. The van der Waals surface area contributed by atoms with Gasteiger partial charge in [-0.05, 0) is 31.3 Å². The third kappa shape index (κ3) is 4.87. The SMILES string of the molecule is CC(CCN1Cc2cc(C#CC#CC3(N)COC3)cn2C1=O)(C(=O)NO)S(C)(=O)=O.Cl. The van der Waals surface area contributed by atoms with E-state index in [2.05, 4.69) is 23.7 Å². The summed E-state index contributed by atoms with van der Waals surface area (Å²) in [6.07, 6.45) is 2.32. The number of nitrogens with zero attached hydrogens (tertiary/aromatic N) is 2. The Kier molecular flexibility index (Phi) is 7.10. The van der Waals surface area contributed by atoms with Crippen molar-refractivity contribution >= 4 is 34.2 Å². The van der Waals surface area contributed by atoms with E-state index in [1.54, 1.807) is 12.3 Å². The van der Waals surface area contributed by atoms with Crippen molar-refractivity contribution in [3.63, 3.8) is 0 Å². The van der Waals surface area contributed by atoms with Crippen molar-refractivity contribution in [2.45, 2.75) is 30.2 Å². The molecule has 2 aliphatic heterocycles. The second-order valence-electron chi connectivity index (χ2n) is 7.64. The van der Waals surface area contributed by atoms with Crippen LogP contribution in [0.15, 0.2) is 12.3 Å². The molecule has 1 aromatic rings. The minimum atomic E-state index is -3.83. The second-order valence-corrected chi connectivity index (χ2v) is 10.1. The highest BCUT2D eigenvalue weighted by Crippen LogP contribution is 2.25. The van der Waals surface area contributed by atoms with E-state index in [1.165, 1.54) is 21.9 Å². The molecule has 4 N–H and O–H groups in total. The minimum Gasteiger partial charge on any atom is -0.375 e. The molecule has 1 fully saturated rings. The van der Waals surface area contributed by atoms with Gasteiger partial charge in [0.2, 0.25) is 0 Å². The molecule has 0 aromatic carbocycles. The number of aromatic nitrogens is 1. The number of hydroxylamine groups is 1. The topological polar surface area (TPSA) is 144 Å². The molecule has 168 valence electrons. The Morgan fingerprint density at radius 1 is 1.42 bits per heavy atom. The maximum absolute atomic E-state index is 12.6. The third-order valence-electron chi connectivity index (χ3n) is 5.29. The molecule has 0 bridgehead atoms. The summed E-state index contributed by atoms with van der Waals surface area (Å²) in [7, 11) is -3.83. The average Bonchev–Trinajstić information content (AvgIpc) is 3.19. The number of nitrogens with one attached hydrogen (secondary N) is 1. The van der Waals surface area contributed by atoms with Gasteiger partial charge in [-0.15, -0.1) is 12.4 Å². The van der Waals surface area contributed by atoms with Crippen molar-refractivity contribution in [3.05, 3.63) is 23.5 Å². The van der Waals surface area contributed by atoms with E-state index in [0.29, 0.717) is 24.5 Å². The number of nitrogens with two attached hydrogens (primary N) is 1. The number of ether oxygens (including phenoxy) is 1. The summed E-state index contributed by atoms with van der Waals surface area (Å²) in [5.74, 6) is 10.0. The van der Waals surface area contributed by atoms with E-state index < -0.39 is 26.0 Å². The molecule has 1 aromatic heterocycles. The van der Waals surface area contributed by atoms with Gasteiger partial charge in [-0.25, -0.2) is 18.7 Å². The number of rotatable bonds is 5. The maximum atomic E-state index is 12.6. The number of carbonyl (C=O) groups is 2. The summed E-state index contributed by atoms with van der Waals surface area (Å²) in [6, 6.07) is 1.39. The van der Waals surface area contributed by atoms with Crippen LogP contribution in [0.2, 0.25) is 0 Å². The van der Waals surface area contributed by atoms with Crippen LogP contribution < -0.4 is 11.2 Å². The monoisotopic (exact) mass is 470 g/mol. The van der Waals surface area contributed by atoms with Crippen LogP contribution in [0.1, 0.15) is 24.6 Å². The number of hydrogen-bond donors (Lipinski definition) is 3. The van der Waals surface area contributed by atoms with Gasteiger partial charge in [-0.1, -0.05) is 11.8 Å². The zero-order valence-electron chi connectivity index (χ0n) is 17.0. The van der Waals surface area contributed by atoms with E-state index in [0.717, 1.165) is 6.26 Å². The van der Waals surface area contributed by atoms with Gasteiger partial charge in [-0.3, -0.25) is 14.6 Å². The Morgan fingerprint density at radius 3 is 2.61 bits per heavy atom. The number of carbonyl (C=O) groups excluding carboxylic acids is 2. The third-order valence-corrected chi connectivity index (χ3v) is 7.31. The lowest BCUT2D eigenvalue weighted by molar-refractivity contribution is -0.131. The van der Waals surface area contributed by atoms with E-state index in [-0.39, 0.29) is 37.9 Å². The molecular weight excluding hydrogens is 448 g/mol. The van der Waals surface area contributed by atoms with Gasteiger partial charge >= 0.3 is 6.03 Å². The fraction of sp³-hybridized carbons (Fsp3) is 0.474. The molecule has 0 radical (unpaired) electrons. The zero-order valence-corrected chi connectivity index (χ0v) is 18.6.